The van der Waals surface area contributed by atoms with Crippen LogP contribution in [0.15, 0.2) is 0 Å². The minimum absolute atomic E-state index is 0.0238. The van der Waals surface area contributed by atoms with Gasteiger partial charge in [-0.15, -0.1) is 0 Å². The summed E-state index contributed by atoms with van der Waals surface area (Å²) in [5, 5.41) is 5.18. The molecule has 0 aromatic carbocycles. The maximum atomic E-state index is 11.4. The van der Waals surface area contributed by atoms with E-state index >= 15 is 0 Å². The number of sulfonamides is 1. The van der Waals surface area contributed by atoms with E-state index < -0.39 is 10.0 Å². The molecule has 0 unspecified atom stereocenters. The highest BCUT2D eigenvalue weighted by molar-refractivity contribution is 7.88. The molecule has 1 aliphatic heterocycles. The standard InChI is InChI=1S/C10H19N3O4S/c1-8(14)11-7-10(15)12-9-3-5-13(6-4-9)18(2,16)17/h9H,3-7H2,1-2H3,(H,11,14)(H,12,15). The van der Waals surface area contributed by atoms with Crippen molar-refractivity contribution in [2.45, 2.75) is 25.8 Å². The molecular weight excluding hydrogens is 258 g/mol. The minimum atomic E-state index is -3.14. The molecule has 1 saturated heterocycles. The zero-order chi connectivity index (χ0) is 13.8. The molecule has 0 aliphatic carbocycles. The van der Waals surface area contributed by atoms with Crippen LogP contribution in [0.1, 0.15) is 19.8 Å². The van der Waals surface area contributed by atoms with Crippen molar-refractivity contribution in [1.29, 1.82) is 0 Å². The zero-order valence-electron chi connectivity index (χ0n) is 10.6. The molecular formula is C10H19N3O4S. The molecule has 1 aliphatic rings. The summed E-state index contributed by atoms with van der Waals surface area (Å²) in [5.41, 5.74) is 0. The highest BCUT2D eigenvalue weighted by Gasteiger charge is 2.25. The predicted octanol–water partition coefficient (Wildman–Crippen LogP) is -1.34. The van der Waals surface area contributed by atoms with E-state index in [1.54, 1.807) is 0 Å². The third-order valence-electron chi connectivity index (χ3n) is 2.79. The Labute approximate surface area is 107 Å². The van der Waals surface area contributed by atoms with E-state index in [0.29, 0.717) is 25.9 Å². The number of hydrogen-bond acceptors (Lipinski definition) is 4. The third-order valence-corrected chi connectivity index (χ3v) is 4.09. The Balaban J connectivity index is 2.31. The number of nitrogens with one attached hydrogen (secondary N) is 2. The largest absolute Gasteiger partial charge is 0.352 e. The number of nitrogens with zero attached hydrogens (tertiary/aromatic N) is 1. The van der Waals surface area contributed by atoms with Crippen molar-refractivity contribution in [3.63, 3.8) is 0 Å². The van der Waals surface area contributed by atoms with E-state index in [1.165, 1.54) is 17.5 Å². The number of hydrogen-bond donors (Lipinski definition) is 2. The fraction of sp³-hybridized carbons (Fsp3) is 0.800. The van der Waals surface area contributed by atoms with Crippen LogP contribution in [0.4, 0.5) is 0 Å². The molecule has 0 saturated carbocycles. The molecule has 1 rings (SSSR count). The van der Waals surface area contributed by atoms with Crippen LogP contribution in [0.3, 0.4) is 0 Å². The quantitative estimate of drug-likeness (QED) is 0.665. The van der Waals surface area contributed by atoms with E-state index in [9.17, 15) is 18.0 Å². The smallest absolute Gasteiger partial charge is 0.239 e. The van der Waals surface area contributed by atoms with Crippen LogP contribution >= 0.6 is 0 Å². The maximum Gasteiger partial charge on any atom is 0.239 e. The van der Waals surface area contributed by atoms with Gasteiger partial charge in [0.15, 0.2) is 0 Å². The molecule has 0 aromatic heterocycles. The molecule has 0 radical (unpaired) electrons. The summed E-state index contributed by atoms with van der Waals surface area (Å²) >= 11 is 0. The van der Waals surface area contributed by atoms with Crippen LogP contribution in [0.25, 0.3) is 0 Å². The number of carbonyl (C=O) groups is 2. The Morgan fingerprint density at radius 2 is 1.83 bits per heavy atom. The monoisotopic (exact) mass is 277 g/mol. The lowest BCUT2D eigenvalue weighted by Crippen LogP contribution is -2.48. The van der Waals surface area contributed by atoms with Crippen LogP contribution in [0.2, 0.25) is 0 Å². The van der Waals surface area contributed by atoms with Gasteiger partial charge in [-0.1, -0.05) is 0 Å². The van der Waals surface area contributed by atoms with Gasteiger partial charge in [0.25, 0.3) is 0 Å². The number of amides is 2. The summed E-state index contributed by atoms with van der Waals surface area (Å²) in [6.45, 7) is 2.15. The van der Waals surface area contributed by atoms with Crippen molar-refractivity contribution in [3.05, 3.63) is 0 Å². The predicted molar refractivity (Wildman–Crippen MR) is 66.3 cm³/mol. The average molecular weight is 277 g/mol. The van der Waals surface area contributed by atoms with Crippen LogP contribution in [-0.2, 0) is 19.6 Å². The van der Waals surface area contributed by atoms with Crippen LogP contribution in [-0.4, -0.2) is 56.5 Å². The van der Waals surface area contributed by atoms with Crippen molar-refractivity contribution >= 4 is 21.8 Å². The lowest BCUT2D eigenvalue weighted by Gasteiger charge is -2.30. The van der Waals surface area contributed by atoms with Crippen LogP contribution < -0.4 is 10.6 Å². The summed E-state index contributed by atoms with van der Waals surface area (Å²) in [6, 6.07) is -0.0238. The Morgan fingerprint density at radius 3 is 2.28 bits per heavy atom. The summed E-state index contributed by atoms with van der Waals surface area (Å²) < 4.78 is 24.0. The van der Waals surface area contributed by atoms with Crippen molar-refractivity contribution in [1.82, 2.24) is 14.9 Å². The minimum Gasteiger partial charge on any atom is -0.352 e. The maximum absolute atomic E-state index is 11.4. The Kier molecular flexibility index (Phi) is 5.09. The van der Waals surface area contributed by atoms with Gasteiger partial charge in [-0.2, -0.15) is 0 Å². The van der Waals surface area contributed by atoms with Gasteiger partial charge in [-0.25, -0.2) is 12.7 Å². The van der Waals surface area contributed by atoms with Gasteiger partial charge in [0.1, 0.15) is 0 Å². The normalized spacial score (nSPS) is 18.3. The van der Waals surface area contributed by atoms with Gasteiger partial charge >= 0.3 is 0 Å². The van der Waals surface area contributed by atoms with Crippen molar-refractivity contribution < 1.29 is 18.0 Å². The number of piperidine rings is 1. The Hall–Kier alpha value is -1.15. The van der Waals surface area contributed by atoms with Crippen LogP contribution in [0.5, 0.6) is 0 Å². The van der Waals surface area contributed by atoms with E-state index in [0.717, 1.165) is 0 Å². The lowest BCUT2D eigenvalue weighted by atomic mass is 10.1. The first kappa shape index (κ1) is 14.9. The summed E-state index contributed by atoms with van der Waals surface area (Å²) in [7, 11) is -3.14. The molecule has 2 amide bonds. The SMILES string of the molecule is CC(=O)NCC(=O)NC1CCN(S(C)(=O)=O)CC1. The Morgan fingerprint density at radius 1 is 1.28 bits per heavy atom. The molecule has 0 atom stereocenters. The fourth-order valence-electron chi connectivity index (χ4n) is 1.82. The van der Waals surface area contributed by atoms with Crippen molar-refractivity contribution in [2.75, 3.05) is 25.9 Å². The van der Waals surface area contributed by atoms with Gasteiger partial charge in [0.05, 0.1) is 12.8 Å². The third kappa shape index (κ3) is 5.01. The summed E-state index contributed by atoms with van der Waals surface area (Å²) in [6.07, 6.45) is 2.38. The summed E-state index contributed by atoms with van der Waals surface area (Å²) in [5.74, 6) is -0.500. The lowest BCUT2D eigenvalue weighted by molar-refractivity contribution is -0.125. The first-order chi connectivity index (χ1) is 8.29. The molecule has 0 aromatic rings. The molecule has 104 valence electrons. The van der Waals surface area contributed by atoms with Gasteiger partial charge < -0.3 is 10.6 Å². The first-order valence-electron chi connectivity index (χ1n) is 5.78. The molecule has 18 heavy (non-hydrogen) atoms. The number of rotatable bonds is 4. The highest BCUT2D eigenvalue weighted by Crippen LogP contribution is 2.12. The summed E-state index contributed by atoms with van der Waals surface area (Å²) in [4.78, 5) is 22.1. The molecule has 1 fully saturated rings. The van der Waals surface area contributed by atoms with E-state index in [2.05, 4.69) is 10.6 Å². The molecule has 0 bridgehead atoms. The highest BCUT2D eigenvalue weighted by atomic mass is 32.2. The van der Waals surface area contributed by atoms with E-state index in [4.69, 9.17) is 0 Å². The molecule has 8 heteroatoms. The first-order valence-corrected chi connectivity index (χ1v) is 7.63. The van der Waals surface area contributed by atoms with E-state index in [1.807, 2.05) is 0 Å². The van der Waals surface area contributed by atoms with Crippen molar-refractivity contribution in [2.24, 2.45) is 0 Å². The molecule has 7 nitrogen and oxygen atoms in total. The zero-order valence-corrected chi connectivity index (χ0v) is 11.4. The van der Waals surface area contributed by atoms with Crippen molar-refractivity contribution in [3.8, 4) is 0 Å². The molecule has 2 N–H and O–H groups in total. The molecule has 0 spiro atoms. The second kappa shape index (κ2) is 6.14. The van der Waals surface area contributed by atoms with Gasteiger partial charge in [-0.05, 0) is 12.8 Å². The van der Waals surface area contributed by atoms with Gasteiger partial charge in [0, 0.05) is 26.1 Å². The van der Waals surface area contributed by atoms with Gasteiger partial charge in [-0.3, -0.25) is 9.59 Å². The Bertz CT molecular complexity index is 413. The molecule has 1 heterocycles. The second-order valence-corrected chi connectivity index (χ2v) is 6.40. The van der Waals surface area contributed by atoms with Crippen LogP contribution in [0, 0.1) is 0 Å². The average Bonchev–Trinajstić information content (AvgIpc) is 2.26. The van der Waals surface area contributed by atoms with Gasteiger partial charge in [0.2, 0.25) is 21.8 Å². The fourth-order valence-corrected chi connectivity index (χ4v) is 2.69. The second-order valence-electron chi connectivity index (χ2n) is 4.41. The number of carbonyl (C=O) groups excluding carboxylic acids is 2. The topological polar surface area (TPSA) is 95.6 Å². The van der Waals surface area contributed by atoms with E-state index in [-0.39, 0.29) is 24.4 Å².